The van der Waals surface area contributed by atoms with E-state index in [4.69, 9.17) is 4.74 Å². The molecule has 0 aromatic heterocycles. The number of nitrogens with zero attached hydrogens (tertiary/aromatic N) is 1. The van der Waals surface area contributed by atoms with Crippen molar-refractivity contribution in [3.63, 3.8) is 0 Å². The van der Waals surface area contributed by atoms with Crippen molar-refractivity contribution in [3.8, 4) is 5.75 Å². The summed E-state index contributed by atoms with van der Waals surface area (Å²) < 4.78 is 5.55. The molecule has 1 rings (SSSR count). The lowest BCUT2D eigenvalue weighted by Gasteiger charge is -2.12. The van der Waals surface area contributed by atoms with Crippen molar-refractivity contribution in [2.75, 3.05) is 20.7 Å². The zero-order chi connectivity index (χ0) is 13.5. The first-order chi connectivity index (χ1) is 8.54. The van der Waals surface area contributed by atoms with Gasteiger partial charge in [-0.3, -0.25) is 4.79 Å². The van der Waals surface area contributed by atoms with Gasteiger partial charge >= 0.3 is 0 Å². The predicted octanol–water partition coefficient (Wildman–Crippen LogP) is 3.06. The van der Waals surface area contributed by atoms with E-state index in [1.807, 2.05) is 12.1 Å². The Bertz CT molecular complexity index is 371. The molecule has 0 heterocycles. The molecule has 1 aromatic carbocycles. The number of rotatable bonds is 6. The molecule has 0 bridgehead atoms. The second kappa shape index (κ2) is 7.04. The van der Waals surface area contributed by atoms with E-state index < -0.39 is 0 Å². The van der Waals surface area contributed by atoms with Gasteiger partial charge in [-0.05, 0) is 30.0 Å². The van der Waals surface area contributed by atoms with Crippen molar-refractivity contribution in [1.82, 2.24) is 4.90 Å². The van der Waals surface area contributed by atoms with Crippen LogP contribution in [0.4, 0.5) is 0 Å². The number of hydrogen-bond acceptors (Lipinski definition) is 2. The highest BCUT2D eigenvalue weighted by Crippen LogP contribution is 2.21. The van der Waals surface area contributed by atoms with Crippen molar-refractivity contribution < 1.29 is 9.53 Å². The maximum absolute atomic E-state index is 11.4. The first-order valence-electron chi connectivity index (χ1n) is 6.47. The van der Waals surface area contributed by atoms with Gasteiger partial charge in [0.1, 0.15) is 5.75 Å². The summed E-state index contributed by atoms with van der Waals surface area (Å²) in [6.45, 7) is 4.83. The molecule has 0 N–H and O–H groups in total. The highest BCUT2D eigenvalue weighted by atomic mass is 16.5. The molecule has 1 unspecified atom stereocenters. The molecule has 0 saturated carbocycles. The molecule has 0 radical (unpaired) electrons. The molecule has 0 aliphatic heterocycles. The van der Waals surface area contributed by atoms with Gasteiger partial charge in [-0.2, -0.15) is 0 Å². The van der Waals surface area contributed by atoms with Crippen LogP contribution in [0.3, 0.4) is 0 Å². The third kappa shape index (κ3) is 4.40. The molecule has 0 saturated heterocycles. The largest absolute Gasteiger partial charge is 0.493 e. The lowest BCUT2D eigenvalue weighted by Crippen LogP contribution is -2.23. The zero-order valence-corrected chi connectivity index (χ0v) is 11.8. The van der Waals surface area contributed by atoms with E-state index >= 15 is 0 Å². The number of carbonyl (C=O) groups is 1. The zero-order valence-electron chi connectivity index (χ0n) is 11.8. The van der Waals surface area contributed by atoms with Crippen molar-refractivity contribution in [1.29, 1.82) is 0 Å². The highest BCUT2D eigenvalue weighted by Gasteiger charge is 2.05. The molecule has 3 nitrogen and oxygen atoms in total. The molecule has 1 atom stereocenters. The fourth-order valence-corrected chi connectivity index (χ4v) is 1.61. The average Bonchev–Trinajstić information content (AvgIpc) is 2.38. The van der Waals surface area contributed by atoms with Crippen LogP contribution in [0.1, 0.15) is 38.2 Å². The van der Waals surface area contributed by atoms with Crippen LogP contribution >= 0.6 is 0 Å². The summed E-state index contributed by atoms with van der Waals surface area (Å²) in [4.78, 5) is 12.9. The van der Waals surface area contributed by atoms with Gasteiger partial charge in [0, 0.05) is 14.1 Å². The second-order valence-electron chi connectivity index (χ2n) is 4.76. The van der Waals surface area contributed by atoms with Crippen LogP contribution in [-0.2, 0) is 4.79 Å². The first kappa shape index (κ1) is 14.6. The molecule has 0 fully saturated rings. The van der Waals surface area contributed by atoms with Crippen LogP contribution in [0.5, 0.6) is 5.75 Å². The second-order valence-corrected chi connectivity index (χ2v) is 4.76. The minimum atomic E-state index is 0.0891. The van der Waals surface area contributed by atoms with Gasteiger partial charge in [0.15, 0.2) is 0 Å². The third-order valence-electron chi connectivity index (χ3n) is 3.14. The van der Waals surface area contributed by atoms with Crippen LogP contribution in [0.15, 0.2) is 24.3 Å². The molecular weight excluding hydrogens is 226 g/mol. The Balaban J connectivity index is 2.42. The smallest absolute Gasteiger partial charge is 0.225 e. The van der Waals surface area contributed by atoms with Crippen LogP contribution in [0, 0.1) is 0 Å². The number of carbonyl (C=O) groups excluding carboxylic acids is 1. The Kier molecular flexibility index (Phi) is 5.69. The monoisotopic (exact) mass is 249 g/mol. The summed E-state index contributed by atoms with van der Waals surface area (Å²) >= 11 is 0. The molecule has 1 amide bonds. The van der Waals surface area contributed by atoms with E-state index in [-0.39, 0.29) is 5.91 Å². The predicted molar refractivity (Wildman–Crippen MR) is 74.0 cm³/mol. The van der Waals surface area contributed by atoms with Crippen molar-refractivity contribution in [3.05, 3.63) is 29.8 Å². The van der Waals surface area contributed by atoms with E-state index in [1.165, 1.54) is 5.56 Å². The van der Waals surface area contributed by atoms with Crippen LogP contribution in [-0.4, -0.2) is 31.5 Å². The molecule has 100 valence electrons. The summed E-state index contributed by atoms with van der Waals surface area (Å²) in [6, 6.07) is 8.14. The Hall–Kier alpha value is -1.51. The molecule has 0 aliphatic carbocycles. The van der Waals surface area contributed by atoms with Gasteiger partial charge in [0.25, 0.3) is 0 Å². The quantitative estimate of drug-likeness (QED) is 0.775. The normalized spacial score (nSPS) is 12.0. The number of amides is 1. The van der Waals surface area contributed by atoms with Gasteiger partial charge in [-0.1, -0.05) is 26.0 Å². The molecule has 0 aliphatic rings. The number of ether oxygens (including phenoxy) is 1. The SMILES string of the molecule is CCC(C)c1ccc(OCCC(=O)N(C)C)cc1. The third-order valence-corrected chi connectivity index (χ3v) is 3.14. The number of benzene rings is 1. The first-order valence-corrected chi connectivity index (χ1v) is 6.47. The number of hydrogen-bond donors (Lipinski definition) is 0. The molecule has 18 heavy (non-hydrogen) atoms. The van der Waals surface area contributed by atoms with Crippen LogP contribution < -0.4 is 4.74 Å². The van der Waals surface area contributed by atoms with Crippen LogP contribution in [0.25, 0.3) is 0 Å². The highest BCUT2D eigenvalue weighted by molar-refractivity contribution is 5.75. The maximum atomic E-state index is 11.4. The van der Waals surface area contributed by atoms with Crippen molar-refractivity contribution in [2.24, 2.45) is 0 Å². The van der Waals surface area contributed by atoms with Gasteiger partial charge in [0.2, 0.25) is 5.91 Å². The molecule has 0 spiro atoms. The summed E-state index contributed by atoms with van der Waals surface area (Å²) in [5.41, 5.74) is 1.33. The van der Waals surface area contributed by atoms with Crippen LogP contribution in [0.2, 0.25) is 0 Å². The van der Waals surface area contributed by atoms with Gasteiger partial charge in [-0.25, -0.2) is 0 Å². The van der Waals surface area contributed by atoms with E-state index in [9.17, 15) is 4.79 Å². The fraction of sp³-hybridized carbons (Fsp3) is 0.533. The van der Waals surface area contributed by atoms with E-state index in [0.717, 1.165) is 12.2 Å². The summed E-state index contributed by atoms with van der Waals surface area (Å²) in [7, 11) is 3.51. The van der Waals surface area contributed by atoms with Gasteiger partial charge < -0.3 is 9.64 Å². The lowest BCUT2D eigenvalue weighted by atomic mass is 9.99. The fourth-order valence-electron chi connectivity index (χ4n) is 1.61. The summed E-state index contributed by atoms with van der Waals surface area (Å²) in [5.74, 6) is 1.49. The topological polar surface area (TPSA) is 29.5 Å². The molecular formula is C15H23NO2. The lowest BCUT2D eigenvalue weighted by molar-refractivity contribution is -0.129. The minimum absolute atomic E-state index is 0.0891. The molecule has 3 heteroatoms. The van der Waals surface area contributed by atoms with E-state index in [0.29, 0.717) is 18.9 Å². The Morgan fingerprint density at radius 1 is 1.28 bits per heavy atom. The van der Waals surface area contributed by atoms with E-state index in [2.05, 4.69) is 26.0 Å². The van der Waals surface area contributed by atoms with Gasteiger partial charge in [0.05, 0.1) is 13.0 Å². The van der Waals surface area contributed by atoms with Crippen molar-refractivity contribution in [2.45, 2.75) is 32.6 Å². The Morgan fingerprint density at radius 2 is 1.89 bits per heavy atom. The Morgan fingerprint density at radius 3 is 2.39 bits per heavy atom. The Labute approximate surface area is 110 Å². The van der Waals surface area contributed by atoms with Crippen molar-refractivity contribution >= 4 is 5.91 Å². The minimum Gasteiger partial charge on any atom is -0.493 e. The molecule has 1 aromatic rings. The summed E-state index contributed by atoms with van der Waals surface area (Å²) in [6.07, 6.45) is 1.55. The standard InChI is InChI=1S/C15H23NO2/c1-5-12(2)13-6-8-14(9-7-13)18-11-10-15(17)16(3)4/h6-9,12H,5,10-11H2,1-4H3. The van der Waals surface area contributed by atoms with E-state index in [1.54, 1.807) is 19.0 Å². The maximum Gasteiger partial charge on any atom is 0.225 e. The summed E-state index contributed by atoms with van der Waals surface area (Å²) in [5, 5.41) is 0. The average molecular weight is 249 g/mol. The van der Waals surface area contributed by atoms with Gasteiger partial charge in [-0.15, -0.1) is 0 Å².